The third-order valence-corrected chi connectivity index (χ3v) is 4.56. The molecular formula is C17H17N5O2S. The van der Waals surface area contributed by atoms with Crippen LogP contribution in [0, 0.1) is 20.8 Å². The van der Waals surface area contributed by atoms with Crippen molar-refractivity contribution in [3.63, 3.8) is 0 Å². The predicted molar refractivity (Wildman–Crippen MR) is 97.7 cm³/mol. The van der Waals surface area contributed by atoms with Gasteiger partial charge in [-0.2, -0.15) is 0 Å². The van der Waals surface area contributed by atoms with Crippen molar-refractivity contribution in [1.82, 2.24) is 15.0 Å². The summed E-state index contributed by atoms with van der Waals surface area (Å²) in [4.78, 5) is 25.3. The minimum atomic E-state index is -0.277. The standard InChI is InChI=1S/C17H17N5O2S/c1-9-4-5-12(23)11(3)15(9)22-16(24)13-7-18-17(25-13)21-14-6-10(2)19-8-20-14/h4-8,23H,1-3H3,(H,22,24)(H,18,19,20,21). The van der Waals surface area contributed by atoms with Gasteiger partial charge in [0.15, 0.2) is 5.13 Å². The average Bonchev–Trinajstić information content (AvgIpc) is 3.03. The molecule has 1 aromatic carbocycles. The molecule has 3 N–H and O–H groups in total. The Morgan fingerprint density at radius 3 is 2.72 bits per heavy atom. The van der Waals surface area contributed by atoms with Crippen LogP contribution in [0.25, 0.3) is 0 Å². The number of hydrogen-bond donors (Lipinski definition) is 3. The summed E-state index contributed by atoms with van der Waals surface area (Å²) < 4.78 is 0. The summed E-state index contributed by atoms with van der Waals surface area (Å²) in [5.41, 5.74) is 2.96. The van der Waals surface area contributed by atoms with Crippen LogP contribution in [0.4, 0.5) is 16.6 Å². The molecule has 0 aliphatic carbocycles. The molecule has 0 spiro atoms. The van der Waals surface area contributed by atoms with Crippen molar-refractivity contribution in [2.45, 2.75) is 20.8 Å². The molecule has 0 saturated heterocycles. The number of rotatable bonds is 4. The van der Waals surface area contributed by atoms with Gasteiger partial charge in [0.2, 0.25) is 0 Å². The Hall–Kier alpha value is -3.00. The van der Waals surface area contributed by atoms with Crippen molar-refractivity contribution < 1.29 is 9.90 Å². The number of thiazole rings is 1. The summed E-state index contributed by atoms with van der Waals surface area (Å²) >= 11 is 1.22. The van der Waals surface area contributed by atoms with Crippen LogP contribution in [0.5, 0.6) is 5.75 Å². The fourth-order valence-corrected chi connectivity index (χ4v) is 2.99. The Morgan fingerprint density at radius 2 is 1.96 bits per heavy atom. The van der Waals surface area contributed by atoms with Gasteiger partial charge in [-0.15, -0.1) is 0 Å². The largest absolute Gasteiger partial charge is 0.508 e. The smallest absolute Gasteiger partial charge is 0.267 e. The lowest BCUT2D eigenvalue weighted by molar-refractivity contribution is 0.103. The van der Waals surface area contributed by atoms with Crippen LogP contribution in [-0.4, -0.2) is 26.0 Å². The molecule has 0 radical (unpaired) electrons. The maximum Gasteiger partial charge on any atom is 0.267 e. The number of hydrogen-bond acceptors (Lipinski definition) is 7. The van der Waals surface area contributed by atoms with Crippen LogP contribution < -0.4 is 10.6 Å². The lowest BCUT2D eigenvalue weighted by Gasteiger charge is -2.11. The summed E-state index contributed by atoms with van der Waals surface area (Å²) in [5, 5.41) is 16.3. The summed E-state index contributed by atoms with van der Waals surface area (Å²) in [6.45, 7) is 5.50. The van der Waals surface area contributed by atoms with Crippen molar-refractivity contribution in [3.05, 3.63) is 52.4 Å². The van der Waals surface area contributed by atoms with Gasteiger partial charge in [0.05, 0.1) is 11.9 Å². The number of amides is 1. The summed E-state index contributed by atoms with van der Waals surface area (Å²) in [6, 6.07) is 5.16. The first-order chi connectivity index (χ1) is 11.9. The number of phenolic OH excluding ortho intramolecular Hbond substituents is 1. The van der Waals surface area contributed by atoms with Gasteiger partial charge in [-0.25, -0.2) is 15.0 Å². The van der Waals surface area contributed by atoms with Gasteiger partial charge in [0.25, 0.3) is 5.91 Å². The highest BCUT2D eigenvalue weighted by molar-refractivity contribution is 7.17. The number of aromatic nitrogens is 3. The van der Waals surface area contributed by atoms with Gasteiger partial charge in [-0.1, -0.05) is 17.4 Å². The van der Waals surface area contributed by atoms with Crippen LogP contribution in [0.1, 0.15) is 26.5 Å². The van der Waals surface area contributed by atoms with E-state index in [0.717, 1.165) is 11.3 Å². The molecule has 25 heavy (non-hydrogen) atoms. The molecular weight excluding hydrogens is 338 g/mol. The Balaban J connectivity index is 1.76. The third kappa shape index (κ3) is 3.74. The molecule has 3 aromatic rings. The fraction of sp³-hybridized carbons (Fsp3) is 0.176. The number of carbonyl (C=O) groups is 1. The van der Waals surface area contributed by atoms with Gasteiger partial charge in [0.1, 0.15) is 22.8 Å². The van der Waals surface area contributed by atoms with E-state index >= 15 is 0 Å². The molecule has 0 atom stereocenters. The summed E-state index contributed by atoms with van der Waals surface area (Å²) in [7, 11) is 0. The Morgan fingerprint density at radius 1 is 1.16 bits per heavy atom. The summed E-state index contributed by atoms with van der Waals surface area (Å²) in [5.74, 6) is 0.487. The first-order valence-corrected chi connectivity index (χ1v) is 8.37. The van der Waals surface area contributed by atoms with E-state index in [1.54, 1.807) is 25.1 Å². The van der Waals surface area contributed by atoms with E-state index < -0.39 is 0 Å². The van der Waals surface area contributed by atoms with Crippen molar-refractivity contribution in [1.29, 1.82) is 0 Å². The van der Waals surface area contributed by atoms with Crippen LogP contribution >= 0.6 is 11.3 Å². The molecule has 128 valence electrons. The molecule has 0 aliphatic heterocycles. The number of benzene rings is 1. The SMILES string of the molecule is Cc1cc(Nc2ncc(C(=O)Nc3c(C)ccc(O)c3C)s2)ncn1. The van der Waals surface area contributed by atoms with E-state index in [0.29, 0.717) is 27.1 Å². The van der Waals surface area contributed by atoms with Gasteiger partial charge in [0, 0.05) is 17.3 Å². The molecule has 0 unspecified atom stereocenters. The van der Waals surface area contributed by atoms with E-state index in [2.05, 4.69) is 25.6 Å². The number of nitrogens with one attached hydrogen (secondary N) is 2. The molecule has 0 aliphatic rings. The monoisotopic (exact) mass is 355 g/mol. The van der Waals surface area contributed by atoms with Gasteiger partial charge in [-0.3, -0.25) is 4.79 Å². The second-order valence-electron chi connectivity index (χ2n) is 5.56. The minimum absolute atomic E-state index is 0.145. The first kappa shape index (κ1) is 16.8. The van der Waals surface area contributed by atoms with Crippen LogP contribution in [0.3, 0.4) is 0 Å². The topological polar surface area (TPSA) is 100 Å². The number of phenols is 1. The number of aromatic hydroxyl groups is 1. The highest BCUT2D eigenvalue weighted by Crippen LogP contribution is 2.29. The number of carbonyl (C=O) groups excluding carboxylic acids is 1. The van der Waals surface area contributed by atoms with Crippen molar-refractivity contribution in [2.75, 3.05) is 10.6 Å². The zero-order chi connectivity index (χ0) is 18.0. The second-order valence-corrected chi connectivity index (χ2v) is 6.59. The van der Waals surface area contributed by atoms with E-state index in [1.165, 1.54) is 23.9 Å². The highest BCUT2D eigenvalue weighted by atomic mass is 32.1. The molecule has 1 amide bonds. The Bertz CT molecular complexity index is 939. The van der Waals surface area contributed by atoms with E-state index in [1.807, 2.05) is 13.8 Å². The van der Waals surface area contributed by atoms with Crippen molar-refractivity contribution >= 4 is 33.9 Å². The molecule has 2 aromatic heterocycles. The zero-order valence-electron chi connectivity index (χ0n) is 14.0. The Kier molecular flexibility index (Phi) is 4.62. The van der Waals surface area contributed by atoms with Crippen LogP contribution in [-0.2, 0) is 0 Å². The summed E-state index contributed by atoms with van der Waals surface area (Å²) in [6.07, 6.45) is 2.97. The Labute approximate surface area is 148 Å². The van der Waals surface area contributed by atoms with Gasteiger partial charge >= 0.3 is 0 Å². The van der Waals surface area contributed by atoms with Crippen LogP contribution in [0.15, 0.2) is 30.7 Å². The normalized spacial score (nSPS) is 10.5. The highest BCUT2D eigenvalue weighted by Gasteiger charge is 2.15. The molecule has 8 heteroatoms. The quantitative estimate of drug-likeness (QED) is 0.662. The van der Waals surface area contributed by atoms with Crippen LogP contribution in [0.2, 0.25) is 0 Å². The van der Waals surface area contributed by atoms with E-state index in [4.69, 9.17) is 0 Å². The van der Waals surface area contributed by atoms with Gasteiger partial charge < -0.3 is 15.7 Å². The molecule has 3 rings (SSSR count). The maximum atomic E-state index is 12.5. The molecule has 0 bridgehead atoms. The lowest BCUT2D eigenvalue weighted by Crippen LogP contribution is -2.12. The molecule has 0 saturated carbocycles. The lowest BCUT2D eigenvalue weighted by atomic mass is 10.1. The molecule has 0 fully saturated rings. The fourth-order valence-electron chi connectivity index (χ4n) is 2.27. The van der Waals surface area contributed by atoms with Gasteiger partial charge in [-0.05, 0) is 32.4 Å². The molecule has 2 heterocycles. The number of nitrogens with zero attached hydrogens (tertiary/aromatic N) is 3. The van der Waals surface area contributed by atoms with Crippen molar-refractivity contribution in [3.8, 4) is 5.75 Å². The third-order valence-electron chi connectivity index (χ3n) is 3.65. The second kappa shape index (κ2) is 6.86. The average molecular weight is 355 g/mol. The maximum absolute atomic E-state index is 12.5. The van der Waals surface area contributed by atoms with E-state index in [-0.39, 0.29) is 11.7 Å². The first-order valence-electron chi connectivity index (χ1n) is 7.56. The zero-order valence-corrected chi connectivity index (χ0v) is 14.8. The predicted octanol–water partition coefficient (Wildman–Crippen LogP) is 3.56. The number of anilines is 3. The van der Waals surface area contributed by atoms with Crippen molar-refractivity contribution in [2.24, 2.45) is 0 Å². The van der Waals surface area contributed by atoms with E-state index in [9.17, 15) is 9.90 Å². The number of aryl methyl sites for hydroxylation is 2. The molecule has 7 nitrogen and oxygen atoms in total. The minimum Gasteiger partial charge on any atom is -0.508 e.